The molecule has 5 nitrogen and oxygen atoms in total. The lowest BCUT2D eigenvalue weighted by atomic mass is 10.2. The number of hydrogen-bond acceptors (Lipinski definition) is 3. The van der Waals surface area contributed by atoms with Crippen LogP contribution in [0.4, 0.5) is 0 Å². The van der Waals surface area contributed by atoms with E-state index in [0.717, 1.165) is 18.7 Å². The summed E-state index contributed by atoms with van der Waals surface area (Å²) in [6, 6.07) is 4.05. The molecule has 98 valence electrons. The van der Waals surface area contributed by atoms with Crippen LogP contribution in [0.2, 0.25) is 0 Å². The molecule has 0 aliphatic carbocycles. The molecule has 2 N–H and O–H groups in total. The Morgan fingerprint density at radius 1 is 1.32 bits per heavy atom. The third kappa shape index (κ3) is 2.24. The Morgan fingerprint density at radius 2 is 2.16 bits per heavy atom. The molecular formula is C14H17N5. The molecule has 3 rings (SSSR count). The van der Waals surface area contributed by atoms with Crippen molar-refractivity contribution in [3.8, 4) is 0 Å². The lowest BCUT2D eigenvalue weighted by Crippen LogP contribution is -2.13. The van der Waals surface area contributed by atoms with E-state index in [-0.39, 0.29) is 0 Å². The first-order valence-corrected chi connectivity index (χ1v) is 6.35. The van der Waals surface area contributed by atoms with Crippen molar-refractivity contribution in [1.29, 1.82) is 0 Å². The third-order valence-electron chi connectivity index (χ3n) is 3.50. The molecule has 0 atom stereocenters. The SMILES string of the molecule is Cc1c(CNCc2c[nH]c3ncccc23)cnn1C. The van der Waals surface area contributed by atoms with Crippen LogP contribution in [0.1, 0.15) is 16.8 Å². The summed E-state index contributed by atoms with van der Waals surface area (Å²) in [4.78, 5) is 7.47. The number of H-pyrrole nitrogens is 1. The molecule has 3 aromatic heterocycles. The Hall–Kier alpha value is -2.14. The number of aryl methyl sites for hydroxylation is 1. The van der Waals surface area contributed by atoms with Gasteiger partial charge in [0.15, 0.2) is 0 Å². The number of pyridine rings is 1. The van der Waals surface area contributed by atoms with Crippen molar-refractivity contribution in [2.45, 2.75) is 20.0 Å². The molecule has 0 aliphatic heterocycles. The molecule has 0 saturated carbocycles. The van der Waals surface area contributed by atoms with Crippen LogP contribution in [-0.2, 0) is 20.1 Å². The van der Waals surface area contributed by atoms with Gasteiger partial charge in [-0.25, -0.2) is 4.98 Å². The van der Waals surface area contributed by atoms with Crippen molar-refractivity contribution in [1.82, 2.24) is 25.1 Å². The maximum Gasteiger partial charge on any atom is 0.137 e. The first-order valence-electron chi connectivity index (χ1n) is 6.35. The average molecular weight is 255 g/mol. The van der Waals surface area contributed by atoms with Gasteiger partial charge in [0.1, 0.15) is 5.65 Å². The van der Waals surface area contributed by atoms with Crippen LogP contribution in [0, 0.1) is 6.92 Å². The molecule has 3 heterocycles. The van der Waals surface area contributed by atoms with E-state index in [1.807, 2.05) is 30.2 Å². The van der Waals surface area contributed by atoms with Gasteiger partial charge in [-0.05, 0) is 24.6 Å². The number of hydrogen-bond donors (Lipinski definition) is 2. The van der Waals surface area contributed by atoms with Gasteiger partial charge < -0.3 is 10.3 Å². The quantitative estimate of drug-likeness (QED) is 0.748. The lowest BCUT2D eigenvalue weighted by Gasteiger charge is -2.03. The van der Waals surface area contributed by atoms with Gasteiger partial charge in [-0.3, -0.25) is 4.68 Å². The molecule has 0 fully saturated rings. The zero-order valence-corrected chi connectivity index (χ0v) is 11.1. The van der Waals surface area contributed by atoms with E-state index in [1.165, 1.54) is 22.2 Å². The molecular weight excluding hydrogens is 238 g/mol. The van der Waals surface area contributed by atoms with Gasteiger partial charge in [0.05, 0.1) is 6.20 Å². The van der Waals surface area contributed by atoms with Crippen molar-refractivity contribution in [3.63, 3.8) is 0 Å². The van der Waals surface area contributed by atoms with E-state index in [0.29, 0.717) is 0 Å². The fourth-order valence-corrected chi connectivity index (χ4v) is 2.21. The normalized spacial score (nSPS) is 11.3. The molecule has 19 heavy (non-hydrogen) atoms. The summed E-state index contributed by atoms with van der Waals surface area (Å²) in [6.45, 7) is 3.73. The van der Waals surface area contributed by atoms with Crippen LogP contribution in [0.15, 0.2) is 30.7 Å². The molecule has 0 spiro atoms. The number of nitrogens with zero attached hydrogens (tertiary/aromatic N) is 3. The molecule has 0 radical (unpaired) electrons. The summed E-state index contributed by atoms with van der Waals surface area (Å²) in [5.74, 6) is 0. The van der Waals surface area contributed by atoms with Gasteiger partial charge in [0.25, 0.3) is 0 Å². The first-order chi connectivity index (χ1) is 9.25. The minimum Gasteiger partial charge on any atom is -0.346 e. The number of nitrogens with one attached hydrogen (secondary N) is 2. The summed E-state index contributed by atoms with van der Waals surface area (Å²) in [5, 5.41) is 8.87. The molecule has 0 amide bonds. The van der Waals surface area contributed by atoms with E-state index in [1.54, 1.807) is 6.20 Å². The highest BCUT2D eigenvalue weighted by atomic mass is 15.3. The first kappa shape index (κ1) is 11.9. The van der Waals surface area contributed by atoms with Crippen LogP contribution < -0.4 is 5.32 Å². The highest BCUT2D eigenvalue weighted by molar-refractivity contribution is 5.79. The second kappa shape index (κ2) is 4.85. The van der Waals surface area contributed by atoms with Gasteiger partial charge in [-0.1, -0.05) is 0 Å². The minimum atomic E-state index is 0.819. The summed E-state index contributed by atoms with van der Waals surface area (Å²) in [5.41, 5.74) is 4.62. The Bertz CT molecular complexity index is 695. The minimum absolute atomic E-state index is 0.819. The fourth-order valence-electron chi connectivity index (χ4n) is 2.21. The number of rotatable bonds is 4. The van der Waals surface area contributed by atoms with Crippen molar-refractivity contribution >= 4 is 11.0 Å². The second-order valence-corrected chi connectivity index (χ2v) is 4.70. The van der Waals surface area contributed by atoms with E-state index in [4.69, 9.17) is 0 Å². The molecule has 0 bridgehead atoms. The van der Waals surface area contributed by atoms with E-state index in [9.17, 15) is 0 Å². The Morgan fingerprint density at radius 3 is 2.95 bits per heavy atom. The van der Waals surface area contributed by atoms with E-state index in [2.05, 4.69) is 33.4 Å². The maximum atomic E-state index is 4.29. The predicted molar refractivity (Wildman–Crippen MR) is 74.6 cm³/mol. The third-order valence-corrected chi connectivity index (χ3v) is 3.50. The van der Waals surface area contributed by atoms with Gasteiger partial charge >= 0.3 is 0 Å². The van der Waals surface area contributed by atoms with Crippen LogP contribution in [0.5, 0.6) is 0 Å². The summed E-state index contributed by atoms with van der Waals surface area (Å²) < 4.78 is 1.90. The predicted octanol–water partition coefficient (Wildman–Crippen LogP) is 1.89. The molecule has 5 heteroatoms. The zero-order valence-electron chi connectivity index (χ0n) is 11.1. The molecule has 0 aromatic carbocycles. The molecule has 0 aliphatic rings. The lowest BCUT2D eigenvalue weighted by molar-refractivity contribution is 0.687. The second-order valence-electron chi connectivity index (χ2n) is 4.70. The highest BCUT2D eigenvalue weighted by Crippen LogP contribution is 2.15. The molecule has 0 saturated heterocycles. The standard InChI is InChI=1S/C14H17N5/c1-10-11(9-18-19(10)2)6-15-7-12-8-17-14-13(12)4-3-5-16-14/h3-5,8-9,15H,6-7H2,1-2H3,(H,16,17). The number of aromatic nitrogens is 4. The average Bonchev–Trinajstić information content (AvgIpc) is 2.97. The fraction of sp³-hybridized carbons (Fsp3) is 0.286. The zero-order chi connectivity index (χ0) is 13.2. The highest BCUT2D eigenvalue weighted by Gasteiger charge is 2.05. The van der Waals surface area contributed by atoms with Crippen molar-refractivity contribution in [3.05, 3.63) is 47.5 Å². The van der Waals surface area contributed by atoms with Gasteiger partial charge in [-0.15, -0.1) is 0 Å². The van der Waals surface area contributed by atoms with Crippen molar-refractivity contribution in [2.24, 2.45) is 7.05 Å². The Labute approximate surface area is 111 Å². The van der Waals surface area contributed by atoms with E-state index < -0.39 is 0 Å². The number of aromatic amines is 1. The van der Waals surface area contributed by atoms with E-state index >= 15 is 0 Å². The van der Waals surface area contributed by atoms with Crippen LogP contribution in [-0.4, -0.2) is 19.7 Å². The summed E-state index contributed by atoms with van der Waals surface area (Å²) in [7, 11) is 1.96. The topological polar surface area (TPSA) is 58.5 Å². The smallest absolute Gasteiger partial charge is 0.137 e. The van der Waals surface area contributed by atoms with Crippen molar-refractivity contribution < 1.29 is 0 Å². The van der Waals surface area contributed by atoms with Gasteiger partial charge in [0.2, 0.25) is 0 Å². The van der Waals surface area contributed by atoms with Gasteiger partial charge in [0, 0.05) is 49.2 Å². The largest absolute Gasteiger partial charge is 0.346 e. The number of fused-ring (bicyclic) bond motifs is 1. The monoisotopic (exact) mass is 255 g/mol. The Balaban J connectivity index is 1.68. The molecule has 3 aromatic rings. The van der Waals surface area contributed by atoms with Crippen LogP contribution >= 0.6 is 0 Å². The Kier molecular flexibility index (Phi) is 3.05. The molecule has 0 unspecified atom stereocenters. The van der Waals surface area contributed by atoms with Crippen LogP contribution in [0.25, 0.3) is 11.0 Å². The van der Waals surface area contributed by atoms with Gasteiger partial charge in [-0.2, -0.15) is 5.10 Å². The summed E-state index contributed by atoms with van der Waals surface area (Å²) >= 11 is 0. The van der Waals surface area contributed by atoms with Crippen molar-refractivity contribution in [2.75, 3.05) is 0 Å². The maximum absolute atomic E-state index is 4.29. The summed E-state index contributed by atoms with van der Waals surface area (Å²) in [6.07, 6.45) is 5.73. The van der Waals surface area contributed by atoms with Crippen LogP contribution in [0.3, 0.4) is 0 Å².